The normalized spacial score (nSPS) is 12.9. The van der Waals surface area contributed by atoms with E-state index >= 15 is 0 Å². The number of halogens is 5. The Balaban J connectivity index is 2.58. The Bertz CT molecular complexity index is 591. The van der Waals surface area contributed by atoms with Crippen molar-refractivity contribution in [3.05, 3.63) is 36.0 Å². The molecule has 7 heteroatoms. The molecule has 1 aromatic heterocycles. The number of pyridine rings is 1. The highest BCUT2D eigenvalue weighted by Crippen LogP contribution is 2.44. The van der Waals surface area contributed by atoms with E-state index in [1.54, 1.807) is 0 Å². The average molecular weight is 262 g/mol. The van der Waals surface area contributed by atoms with Gasteiger partial charge in [0.15, 0.2) is 0 Å². The summed E-state index contributed by atoms with van der Waals surface area (Å²) < 4.78 is 62.7. The van der Waals surface area contributed by atoms with E-state index < -0.39 is 17.7 Å². The summed E-state index contributed by atoms with van der Waals surface area (Å²) >= 11 is 0. The number of hydrogen-bond acceptors (Lipinski definition) is 2. The summed E-state index contributed by atoms with van der Waals surface area (Å²) in [5.41, 5.74) is 4.87. The van der Waals surface area contributed by atoms with Gasteiger partial charge in [-0.3, -0.25) is 4.98 Å². The number of alkyl halides is 5. The molecule has 0 aliphatic carbocycles. The molecule has 0 aliphatic rings. The Morgan fingerprint density at radius 3 is 2.28 bits per heavy atom. The third-order valence-corrected chi connectivity index (χ3v) is 2.43. The van der Waals surface area contributed by atoms with E-state index in [0.29, 0.717) is 11.9 Å². The molecule has 0 radical (unpaired) electrons. The van der Waals surface area contributed by atoms with Gasteiger partial charge in [-0.2, -0.15) is 22.0 Å². The summed E-state index contributed by atoms with van der Waals surface area (Å²) in [6.45, 7) is 0. The predicted octanol–water partition coefficient (Wildman–Crippen LogP) is 3.47. The predicted molar refractivity (Wildman–Crippen MR) is 56.1 cm³/mol. The van der Waals surface area contributed by atoms with Crippen LogP contribution < -0.4 is 5.73 Å². The zero-order valence-electron chi connectivity index (χ0n) is 8.80. The lowest BCUT2D eigenvalue weighted by Gasteiger charge is -2.19. The molecule has 0 atom stereocenters. The molecule has 2 aromatic rings. The SMILES string of the molecule is Nc1ccc2cc(C(F)(F)C(F)(F)F)cnc2c1. The number of fused-ring (bicyclic) bond motifs is 1. The molecule has 18 heavy (non-hydrogen) atoms. The average Bonchev–Trinajstić information content (AvgIpc) is 2.26. The molecule has 0 bridgehead atoms. The Labute approximate surface area is 98.2 Å². The molecule has 0 fully saturated rings. The van der Waals surface area contributed by atoms with Crippen molar-refractivity contribution in [1.29, 1.82) is 0 Å². The quantitative estimate of drug-likeness (QED) is 0.631. The molecule has 2 N–H and O–H groups in total. The number of hydrogen-bond donors (Lipinski definition) is 1. The van der Waals surface area contributed by atoms with Gasteiger partial charge in [-0.05, 0) is 18.2 Å². The van der Waals surface area contributed by atoms with Crippen molar-refractivity contribution >= 4 is 16.6 Å². The van der Waals surface area contributed by atoms with Crippen molar-refractivity contribution in [3.8, 4) is 0 Å². The maximum atomic E-state index is 13.1. The second-order valence-electron chi connectivity index (χ2n) is 3.75. The first-order chi connectivity index (χ1) is 8.22. The molecule has 2 nitrogen and oxygen atoms in total. The first-order valence-electron chi connectivity index (χ1n) is 4.82. The minimum Gasteiger partial charge on any atom is -0.399 e. The van der Waals surface area contributed by atoms with Gasteiger partial charge in [0.25, 0.3) is 0 Å². The first-order valence-corrected chi connectivity index (χ1v) is 4.82. The molecule has 96 valence electrons. The van der Waals surface area contributed by atoms with Crippen molar-refractivity contribution in [1.82, 2.24) is 4.98 Å². The molecule has 0 saturated heterocycles. The number of anilines is 1. The van der Waals surface area contributed by atoms with Gasteiger partial charge in [-0.15, -0.1) is 0 Å². The zero-order chi connectivity index (χ0) is 13.6. The van der Waals surface area contributed by atoms with Crippen molar-refractivity contribution in [3.63, 3.8) is 0 Å². The van der Waals surface area contributed by atoms with Crippen LogP contribution in [0.3, 0.4) is 0 Å². The summed E-state index contributed by atoms with van der Waals surface area (Å²) in [5.74, 6) is -4.92. The number of benzene rings is 1. The Morgan fingerprint density at radius 2 is 1.67 bits per heavy atom. The van der Waals surface area contributed by atoms with Gasteiger partial charge in [0, 0.05) is 22.8 Å². The lowest BCUT2D eigenvalue weighted by molar-refractivity contribution is -0.289. The number of rotatable bonds is 1. The Morgan fingerprint density at radius 1 is 1.00 bits per heavy atom. The van der Waals surface area contributed by atoms with E-state index in [4.69, 9.17) is 5.73 Å². The highest BCUT2D eigenvalue weighted by Gasteiger charge is 2.58. The van der Waals surface area contributed by atoms with Gasteiger partial charge >= 0.3 is 12.1 Å². The van der Waals surface area contributed by atoms with Crippen LogP contribution in [0.5, 0.6) is 0 Å². The Kier molecular flexibility index (Phi) is 2.64. The van der Waals surface area contributed by atoms with Crippen molar-refractivity contribution in [2.75, 3.05) is 5.73 Å². The van der Waals surface area contributed by atoms with Gasteiger partial charge in [0.2, 0.25) is 0 Å². The summed E-state index contributed by atoms with van der Waals surface area (Å²) in [5, 5.41) is 0.172. The van der Waals surface area contributed by atoms with Crippen LogP contribution in [0.15, 0.2) is 30.5 Å². The van der Waals surface area contributed by atoms with Crippen LogP contribution in [0.1, 0.15) is 5.56 Å². The molecule has 0 amide bonds. The maximum Gasteiger partial charge on any atom is 0.458 e. The van der Waals surface area contributed by atoms with Crippen LogP contribution in [-0.2, 0) is 5.92 Å². The third kappa shape index (κ3) is 1.96. The fourth-order valence-electron chi connectivity index (χ4n) is 1.47. The summed E-state index contributed by atoms with van der Waals surface area (Å²) in [7, 11) is 0. The monoisotopic (exact) mass is 262 g/mol. The van der Waals surface area contributed by atoms with E-state index in [2.05, 4.69) is 4.98 Å². The Hall–Kier alpha value is -1.92. The molecule has 1 aromatic carbocycles. The molecular weight excluding hydrogens is 255 g/mol. The number of nitrogens with two attached hydrogens (primary N) is 1. The highest BCUT2D eigenvalue weighted by molar-refractivity contribution is 5.82. The lowest BCUT2D eigenvalue weighted by atomic mass is 10.1. The van der Waals surface area contributed by atoms with Crippen LogP contribution in [0.2, 0.25) is 0 Å². The fraction of sp³-hybridized carbons (Fsp3) is 0.182. The maximum absolute atomic E-state index is 13.1. The smallest absolute Gasteiger partial charge is 0.399 e. The van der Waals surface area contributed by atoms with E-state index in [-0.39, 0.29) is 10.9 Å². The highest BCUT2D eigenvalue weighted by atomic mass is 19.4. The van der Waals surface area contributed by atoms with Crippen LogP contribution in [0.25, 0.3) is 10.9 Å². The largest absolute Gasteiger partial charge is 0.458 e. The zero-order valence-corrected chi connectivity index (χ0v) is 8.80. The van der Waals surface area contributed by atoms with Crippen molar-refractivity contribution < 1.29 is 22.0 Å². The van der Waals surface area contributed by atoms with Crippen LogP contribution >= 0.6 is 0 Å². The molecule has 0 unspecified atom stereocenters. The summed E-state index contributed by atoms with van der Waals surface area (Å²) in [4.78, 5) is 3.56. The number of nitrogen functional groups attached to an aromatic ring is 1. The first kappa shape index (κ1) is 12.5. The molecule has 0 aliphatic heterocycles. The van der Waals surface area contributed by atoms with Gasteiger partial charge in [0.05, 0.1) is 5.52 Å². The van der Waals surface area contributed by atoms with Gasteiger partial charge in [0.1, 0.15) is 0 Å². The van der Waals surface area contributed by atoms with E-state index in [1.807, 2.05) is 0 Å². The van der Waals surface area contributed by atoms with Gasteiger partial charge < -0.3 is 5.73 Å². The topological polar surface area (TPSA) is 38.9 Å². The minimum atomic E-state index is -5.64. The fourth-order valence-corrected chi connectivity index (χ4v) is 1.47. The standard InChI is InChI=1S/C11H7F5N2/c12-10(13,11(14,15)16)7-3-6-1-2-8(17)4-9(6)18-5-7/h1-5H,17H2. The molecule has 1 heterocycles. The van der Waals surface area contributed by atoms with Gasteiger partial charge in [-0.1, -0.05) is 6.07 Å². The van der Waals surface area contributed by atoms with Crippen LogP contribution in [0, 0.1) is 0 Å². The second kappa shape index (κ2) is 3.79. The van der Waals surface area contributed by atoms with E-state index in [9.17, 15) is 22.0 Å². The van der Waals surface area contributed by atoms with Crippen molar-refractivity contribution in [2.45, 2.75) is 12.1 Å². The second-order valence-corrected chi connectivity index (χ2v) is 3.75. The molecular formula is C11H7F5N2. The minimum absolute atomic E-state index is 0.172. The van der Waals surface area contributed by atoms with E-state index in [1.165, 1.54) is 18.2 Å². The van der Waals surface area contributed by atoms with Gasteiger partial charge in [-0.25, -0.2) is 0 Å². The molecule has 0 saturated carbocycles. The molecule has 2 rings (SSSR count). The van der Waals surface area contributed by atoms with Crippen molar-refractivity contribution in [2.24, 2.45) is 0 Å². The van der Waals surface area contributed by atoms with Crippen LogP contribution in [-0.4, -0.2) is 11.2 Å². The summed E-state index contributed by atoms with van der Waals surface area (Å²) in [6.07, 6.45) is -5.13. The number of aromatic nitrogens is 1. The lowest BCUT2D eigenvalue weighted by Crippen LogP contribution is -2.33. The third-order valence-electron chi connectivity index (χ3n) is 2.43. The molecule has 0 spiro atoms. The number of nitrogens with zero attached hydrogens (tertiary/aromatic N) is 1. The summed E-state index contributed by atoms with van der Waals surface area (Å²) in [6, 6.07) is 4.90. The van der Waals surface area contributed by atoms with Crippen LogP contribution in [0.4, 0.5) is 27.6 Å². The van der Waals surface area contributed by atoms with E-state index in [0.717, 1.165) is 6.07 Å².